The van der Waals surface area contributed by atoms with Crippen molar-refractivity contribution in [2.75, 3.05) is 0 Å². The predicted molar refractivity (Wildman–Crippen MR) is 104 cm³/mol. The molecule has 0 radical (unpaired) electrons. The number of para-hydroxylation sites is 4. The molecule has 0 saturated carbocycles. The van der Waals surface area contributed by atoms with Crippen LogP contribution < -0.4 is 0 Å². The minimum Gasteiger partial charge on any atom is -0.326 e. The molecule has 0 spiro atoms. The van der Waals surface area contributed by atoms with Crippen molar-refractivity contribution in [3.05, 3.63) is 96.6 Å². The summed E-state index contributed by atoms with van der Waals surface area (Å²) in [6, 6.07) is 25.3. The van der Waals surface area contributed by atoms with Crippen LogP contribution in [0.25, 0.3) is 22.1 Å². The standard InChI is InChI=1S/C22H18N4/c1-3-7-21-19(5-1)23-15-25(21)13-17-9-11-18(12-10-17)14-26-16-24-20-6-2-4-8-22(20)26/h1-12,15-16H,13-14H2. The Labute approximate surface area is 151 Å². The molecule has 4 heteroatoms. The van der Waals surface area contributed by atoms with Crippen LogP contribution in [0.5, 0.6) is 0 Å². The summed E-state index contributed by atoms with van der Waals surface area (Å²) in [6.45, 7) is 1.66. The predicted octanol–water partition coefficient (Wildman–Crippen LogP) is 4.48. The van der Waals surface area contributed by atoms with Gasteiger partial charge in [0.1, 0.15) is 0 Å². The van der Waals surface area contributed by atoms with Gasteiger partial charge in [-0.2, -0.15) is 0 Å². The largest absolute Gasteiger partial charge is 0.326 e. The molecule has 2 heterocycles. The van der Waals surface area contributed by atoms with Crippen molar-refractivity contribution < 1.29 is 0 Å². The highest BCUT2D eigenvalue weighted by molar-refractivity contribution is 5.75. The van der Waals surface area contributed by atoms with Crippen molar-refractivity contribution in [1.82, 2.24) is 19.1 Å². The highest BCUT2D eigenvalue weighted by Gasteiger charge is 2.04. The van der Waals surface area contributed by atoms with Crippen molar-refractivity contribution in [3.63, 3.8) is 0 Å². The molecule has 0 aliphatic rings. The number of imidazole rings is 2. The van der Waals surface area contributed by atoms with Gasteiger partial charge in [-0.25, -0.2) is 9.97 Å². The summed E-state index contributed by atoms with van der Waals surface area (Å²) in [4.78, 5) is 8.93. The van der Waals surface area contributed by atoms with Crippen LogP contribution in [0.2, 0.25) is 0 Å². The summed E-state index contributed by atoms with van der Waals surface area (Å²) in [6.07, 6.45) is 3.83. The second-order valence-corrected chi connectivity index (χ2v) is 6.54. The van der Waals surface area contributed by atoms with Gasteiger partial charge in [-0.05, 0) is 35.4 Å². The average molecular weight is 338 g/mol. The minimum atomic E-state index is 0.828. The first-order valence-electron chi connectivity index (χ1n) is 8.74. The SMILES string of the molecule is c1ccc2c(c1)ncn2Cc1ccc(Cn2cnc3ccccc32)cc1. The second kappa shape index (κ2) is 6.15. The molecule has 126 valence electrons. The van der Waals surface area contributed by atoms with E-state index in [1.54, 1.807) is 0 Å². The fourth-order valence-electron chi connectivity index (χ4n) is 3.42. The zero-order valence-electron chi connectivity index (χ0n) is 14.3. The molecule has 0 unspecified atom stereocenters. The monoisotopic (exact) mass is 338 g/mol. The summed E-state index contributed by atoms with van der Waals surface area (Å²) < 4.78 is 4.38. The van der Waals surface area contributed by atoms with E-state index in [1.807, 2.05) is 36.9 Å². The third-order valence-electron chi connectivity index (χ3n) is 4.78. The molecule has 4 nitrogen and oxygen atoms in total. The molecule has 0 saturated heterocycles. The Balaban J connectivity index is 1.37. The van der Waals surface area contributed by atoms with Gasteiger partial charge in [0.2, 0.25) is 0 Å². The first-order chi connectivity index (χ1) is 12.9. The molecule has 0 aliphatic heterocycles. The Bertz CT molecular complexity index is 1090. The topological polar surface area (TPSA) is 35.6 Å². The first kappa shape index (κ1) is 14.9. The molecule has 0 aliphatic carbocycles. The lowest BCUT2D eigenvalue weighted by Crippen LogP contribution is -2.00. The van der Waals surface area contributed by atoms with Crippen LogP contribution in [-0.4, -0.2) is 19.1 Å². The van der Waals surface area contributed by atoms with Gasteiger partial charge in [-0.1, -0.05) is 48.5 Å². The third kappa shape index (κ3) is 2.65. The highest BCUT2D eigenvalue weighted by Crippen LogP contribution is 2.17. The van der Waals surface area contributed by atoms with E-state index >= 15 is 0 Å². The molecule has 26 heavy (non-hydrogen) atoms. The Morgan fingerprint density at radius 2 is 0.962 bits per heavy atom. The number of fused-ring (bicyclic) bond motifs is 2. The fourth-order valence-corrected chi connectivity index (χ4v) is 3.42. The molecular weight excluding hydrogens is 320 g/mol. The lowest BCUT2D eigenvalue weighted by Gasteiger charge is -2.08. The van der Waals surface area contributed by atoms with Crippen LogP contribution in [0.1, 0.15) is 11.1 Å². The molecule has 2 aromatic heterocycles. The molecule has 0 atom stereocenters. The van der Waals surface area contributed by atoms with Crippen molar-refractivity contribution in [1.29, 1.82) is 0 Å². The molecule has 0 N–H and O–H groups in total. The maximum atomic E-state index is 4.46. The lowest BCUT2D eigenvalue weighted by molar-refractivity contribution is 0.811. The van der Waals surface area contributed by atoms with Crippen molar-refractivity contribution in [3.8, 4) is 0 Å². The van der Waals surface area contributed by atoms with Crippen LogP contribution in [0.15, 0.2) is 85.5 Å². The number of hydrogen-bond donors (Lipinski definition) is 0. The molecular formula is C22H18N4. The van der Waals surface area contributed by atoms with Gasteiger partial charge in [0.25, 0.3) is 0 Å². The number of aromatic nitrogens is 4. The maximum Gasteiger partial charge on any atom is 0.0961 e. The molecule has 5 rings (SSSR count). The highest BCUT2D eigenvalue weighted by atomic mass is 15.0. The molecule has 0 fully saturated rings. The number of benzene rings is 3. The van der Waals surface area contributed by atoms with Gasteiger partial charge < -0.3 is 9.13 Å². The van der Waals surface area contributed by atoms with Crippen LogP contribution in [-0.2, 0) is 13.1 Å². The quantitative estimate of drug-likeness (QED) is 0.484. The molecule has 3 aromatic carbocycles. The molecule has 0 bridgehead atoms. The zero-order valence-corrected chi connectivity index (χ0v) is 14.3. The first-order valence-corrected chi connectivity index (χ1v) is 8.74. The van der Waals surface area contributed by atoms with Gasteiger partial charge in [0.15, 0.2) is 0 Å². The Morgan fingerprint density at radius 1 is 0.538 bits per heavy atom. The van der Waals surface area contributed by atoms with Crippen LogP contribution in [0.3, 0.4) is 0 Å². The number of rotatable bonds is 4. The van der Waals surface area contributed by atoms with Crippen molar-refractivity contribution in [2.45, 2.75) is 13.1 Å². The number of nitrogens with zero attached hydrogens (tertiary/aromatic N) is 4. The van der Waals surface area contributed by atoms with E-state index in [4.69, 9.17) is 0 Å². The summed E-state index contributed by atoms with van der Waals surface area (Å²) in [5.41, 5.74) is 6.95. The van der Waals surface area contributed by atoms with Crippen molar-refractivity contribution in [2.24, 2.45) is 0 Å². The fraction of sp³-hybridized carbons (Fsp3) is 0.0909. The van der Waals surface area contributed by atoms with Gasteiger partial charge >= 0.3 is 0 Å². The summed E-state index contributed by atoms with van der Waals surface area (Å²) in [5, 5.41) is 0. The second-order valence-electron chi connectivity index (χ2n) is 6.54. The summed E-state index contributed by atoms with van der Waals surface area (Å²) >= 11 is 0. The smallest absolute Gasteiger partial charge is 0.0961 e. The Kier molecular flexibility index (Phi) is 3.53. The lowest BCUT2D eigenvalue weighted by atomic mass is 10.1. The molecule has 5 aromatic rings. The summed E-state index contributed by atoms with van der Waals surface area (Å²) in [7, 11) is 0. The van der Waals surface area contributed by atoms with Crippen LogP contribution in [0.4, 0.5) is 0 Å². The Morgan fingerprint density at radius 3 is 1.42 bits per heavy atom. The van der Waals surface area contributed by atoms with Crippen LogP contribution in [0, 0.1) is 0 Å². The van der Waals surface area contributed by atoms with Gasteiger partial charge in [-0.3, -0.25) is 0 Å². The van der Waals surface area contributed by atoms with Gasteiger partial charge in [0, 0.05) is 13.1 Å². The normalized spacial score (nSPS) is 11.4. The minimum absolute atomic E-state index is 0.828. The Hall–Kier alpha value is -3.40. The van der Waals surface area contributed by atoms with E-state index in [0.29, 0.717) is 0 Å². The van der Waals surface area contributed by atoms with Gasteiger partial charge in [-0.15, -0.1) is 0 Å². The van der Waals surface area contributed by atoms with E-state index < -0.39 is 0 Å². The average Bonchev–Trinajstić information content (AvgIpc) is 3.28. The molecule has 0 amide bonds. The maximum absolute atomic E-state index is 4.46. The van der Waals surface area contributed by atoms with E-state index in [2.05, 4.69) is 67.6 Å². The zero-order chi connectivity index (χ0) is 17.3. The summed E-state index contributed by atoms with van der Waals surface area (Å²) in [5.74, 6) is 0. The third-order valence-corrected chi connectivity index (χ3v) is 4.78. The van der Waals surface area contributed by atoms with Crippen molar-refractivity contribution >= 4 is 22.1 Å². The van der Waals surface area contributed by atoms with E-state index in [0.717, 1.165) is 24.1 Å². The van der Waals surface area contributed by atoms with E-state index in [9.17, 15) is 0 Å². The van der Waals surface area contributed by atoms with E-state index in [1.165, 1.54) is 22.2 Å². The van der Waals surface area contributed by atoms with E-state index in [-0.39, 0.29) is 0 Å². The number of hydrogen-bond acceptors (Lipinski definition) is 2. The van der Waals surface area contributed by atoms with Gasteiger partial charge in [0.05, 0.1) is 34.7 Å². The van der Waals surface area contributed by atoms with Crippen LogP contribution >= 0.6 is 0 Å².